The summed E-state index contributed by atoms with van der Waals surface area (Å²) < 4.78 is 29.0. The van der Waals surface area contributed by atoms with E-state index in [1.165, 1.54) is 47.2 Å². The van der Waals surface area contributed by atoms with Crippen molar-refractivity contribution in [1.82, 2.24) is 14.3 Å². The van der Waals surface area contributed by atoms with Gasteiger partial charge in [0.05, 0.1) is 28.7 Å². The number of fused-ring (bicyclic) bond motifs is 1. The predicted molar refractivity (Wildman–Crippen MR) is 127 cm³/mol. The molecule has 0 saturated heterocycles. The largest absolute Gasteiger partial charge is 0.328 e. The highest BCUT2D eigenvalue weighted by Gasteiger charge is 2.47. The van der Waals surface area contributed by atoms with Gasteiger partial charge in [-0.1, -0.05) is 24.3 Å². The summed E-state index contributed by atoms with van der Waals surface area (Å²) in [5.41, 5.74) is 4.47. The van der Waals surface area contributed by atoms with Crippen LogP contribution < -0.4 is 4.72 Å². The van der Waals surface area contributed by atoms with Crippen LogP contribution in [0.25, 0.3) is 11.3 Å². The third-order valence-corrected chi connectivity index (χ3v) is 9.40. The lowest BCUT2D eigenvalue weighted by atomic mass is 9.92. The van der Waals surface area contributed by atoms with Crippen LogP contribution in [0.15, 0.2) is 46.6 Å². The molecule has 1 aliphatic heterocycles. The minimum atomic E-state index is -3.15. The number of sulfonamides is 1. The summed E-state index contributed by atoms with van der Waals surface area (Å²) in [6, 6.07) is 8.77. The van der Waals surface area contributed by atoms with E-state index in [1.54, 1.807) is 0 Å². The third-order valence-electron chi connectivity index (χ3n) is 6.62. The average Bonchev–Trinajstić information content (AvgIpc) is 3.71. The minimum absolute atomic E-state index is 0.0977. The summed E-state index contributed by atoms with van der Waals surface area (Å²) in [5, 5.41) is 1.78. The summed E-state index contributed by atoms with van der Waals surface area (Å²) in [5.74, 6) is 1.53. The smallest absolute Gasteiger partial charge is 0.215 e. The Labute approximate surface area is 188 Å². The van der Waals surface area contributed by atoms with Gasteiger partial charge in [-0.05, 0) is 61.8 Å². The maximum atomic E-state index is 12.0. The van der Waals surface area contributed by atoms with Crippen molar-refractivity contribution in [3.05, 3.63) is 53.0 Å². The lowest BCUT2D eigenvalue weighted by molar-refractivity contribution is 0.526. The van der Waals surface area contributed by atoms with Crippen LogP contribution in [-0.4, -0.2) is 35.8 Å². The van der Waals surface area contributed by atoms with Crippen molar-refractivity contribution < 1.29 is 8.42 Å². The van der Waals surface area contributed by atoms with Crippen LogP contribution in [0, 0.1) is 0 Å². The van der Waals surface area contributed by atoms with Crippen molar-refractivity contribution in [1.29, 1.82) is 0 Å². The molecule has 164 valence electrons. The molecule has 1 aromatic heterocycles. The predicted octanol–water partition coefficient (Wildman–Crippen LogP) is 4.23. The van der Waals surface area contributed by atoms with Crippen LogP contribution in [0.4, 0.5) is 0 Å². The van der Waals surface area contributed by atoms with Gasteiger partial charge in [0.1, 0.15) is 5.82 Å². The number of benzene rings is 1. The van der Waals surface area contributed by atoms with Crippen molar-refractivity contribution in [2.45, 2.75) is 62.2 Å². The highest BCUT2D eigenvalue weighted by molar-refractivity contribution is 8.02. The fourth-order valence-corrected chi connectivity index (χ4v) is 6.92. The molecule has 2 saturated carbocycles. The molecule has 3 aliphatic rings. The molecule has 8 heteroatoms. The number of thioether (sulfide) groups is 1. The first-order valence-corrected chi connectivity index (χ1v) is 13.6. The Balaban J connectivity index is 1.29. The van der Waals surface area contributed by atoms with Crippen molar-refractivity contribution in [3.63, 3.8) is 0 Å². The van der Waals surface area contributed by atoms with Crippen molar-refractivity contribution in [2.75, 3.05) is 5.88 Å². The zero-order valence-corrected chi connectivity index (χ0v) is 19.2. The molecule has 1 N–H and O–H groups in total. The second kappa shape index (κ2) is 8.22. The molecule has 31 heavy (non-hydrogen) atoms. The van der Waals surface area contributed by atoms with Crippen LogP contribution in [-0.2, 0) is 28.4 Å². The van der Waals surface area contributed by atoms with E-state index in [0.717, 1.165) is 44.3 Å². The maximum Gasteiger partial charge on any atom is 0.215 e. The number of allylic oxidation sites excluding steroid dienone is 1. The van der Waals surface area contributed by atoms with Crippen LogP contribution >= 0.6 is 11.8 Å². The second-order valence-electron chi connectivity index (χ2n) is 8.69. The van der Waals surface area contributed by atoms with Crippen molar-refractivity contribution in [3.8, 4) is 11.3 Å². The zero-order valence-electron chi connectivity index (χ0n) is 17.6. The van der Waals surface area contributed by atoms with E-state index in [1.807, 2.05) is 11.6 Å². The van der Waals surface area contributed by atoms with E-state index in [9.17, 15) is 8.42 Å². The van der Waals surface area contributed by atoms with E-state index in [0.29, 0.717) is 5.88 Å². The monoisotopic (exact) mass is 456 g/mol. The Morgan fingerprint density at radius 3 is 2.74 bits per heavy atom. The van der Waals surface area contributed by atoms with E-state index >= 15 is 0 Å². The molecular weight excluding hydrogens is 428 g/mol. The zero-order chi connectivity index (χ0) is 21.5. The molecule has 0 amide bonds. The lowest BCUT2D eigenvalue weighted by Crippen LogP contribution is -2.26. The molecule has 0 unspecified atom stereocenters. The molecule has 2 heterocycles. The normalized spacial score (nSPS) is 20.3. The van der Waals surface area contributed by atoms with Gasteiger partial charge < -0.3 is 4.57 Å². The van der Waals surface area contributed by atoms with E-state index in [-0.39, 0.29) is 10.7 Å². The number of aromatic nitrogens is 2. The Kier molecular flexibility index (Phi) is 5.56. The number of aryl methyl sites for hydroxylation is 1. The number of hydrogen-bond donors (Lipinski definition) is 1. The lowest BCUT2D eigenvalue weighted by Gasteiger charge is -2.18. The molecule has 0 radical (unpaired) electrons. The number of hydrogen-bond acceptors (Lipinski definition) is 5. The van der Waals surface area contributed by atoms with Gasteiger partial charge in [-0.25, -0.2) is 18.1 Å². The second-order valence-corrected chi connectivity index (χ2v) is 11.6. The number of nitrogens with zero attached hydrogens (tertiary/aromatic N) is 3. The summed E-state index contributed by atoms with van der Waals surface area (Å²) in [7, 11) is -3.15. The minimum Gasteiger partial charge on any atom is -0.328 e. The molecule has 0 bridgehead atoms. The topological polar surface area (TPSA) is 76.3 Å². The molecule has 5 rings (SSSR count). The van der Waals surface area contributed by atoms with Gasteiger partial charge in [0.25, 0.3) is 0 Å². The number of nitrogens with one attached hydrogen (secondary N) is 1. The summed E-state index contributed by atoms with van der Waals surface area (Å²) in [6.45, 7) is 4.83. The first kappa shape index (κ1) is 21.0. The molecule has 0 spiro atoms. The molecular formula is C23H28N4O2S2. The quantitative estimate of drug-likeness (QED) is 0.348. The van der Waals surface area contributed by atoms with Gasteiger partial charge in [0.2, 0.25) is 10.0 Å². The number of imidazole rings is 1. The Morgan fingerprint density at radius 1 is 1.29 bits per heavy atom. The average molecular weight is 457 g/mol. The van der Waals surface area contributed by atoms with E-state index in [4.69, 9.17) is 0 Å². The van der Waals surface area contributed by atoms with Crippen molar-refractivity contribution in [2.24, 2.45) is 4.99 Å². The highest BCUT2D eigenvalue weighted by Crippen LogP contribution is 2.54. The van der Waals surface area contributed by atoms with Crippen LogP contribution in [0.5, 0.6) is 0 Å². The summed E-state index contributed by atoms with van der Waals surface area (Å²) >= 11 is 1.44. The van der Waals surface area contributed by atoms with Crippen LogP contribution in [0.1, 0.15) is 49.9 Å². The standard InChI is InChI=1S/C23H28N4O2S2/c1-24-21(15-30-16-26-31(28,29)19-9-10-19)23(11-12-23)18-7-5-17(6-8-18)20-14-25-22-4-2-3-13-27(20)22/h5-8,14-15,19,26H,1-4,9-13,16H2/b21-15-. The molecule has 6 nitrogen and oxygen atoms in total. The fraction of sp³-hybridized carbons (Fsp3) is 0.478. The molecule has 2 fully saturated rings. The van der Waals surface area contributed by atoms with Crippen LogP contribution in [0.2, 0.25) is 0 Å². The Bertz CT molecular complexity index is 1110. The number of aliphatic imine (C=N–C) groups is 1. The van der Waals surface area contributed by atoms with Crippen LogP contribution in [0.3, 0.4) is 0 Å². The van der Waals surface area contributed by atoms with Gasteiger partial charge >= 0.3 is 0 Å². The van der Waals surface area contributed by atoms with Gasteiger partial charge in [0, 0.05) is 18.4 Å². The third kappa shape index (κ3) is 4.13. The SMILES string of the molecule is C=N/C(=C\SCNS(=O)(=O)C1CC1)C1(c2ccc(-c3cnc4n3CCCC4)cc2)CC1. The van der Waals surface area contributed by atoms with Gasteiger partial charge in [-0.3, -0.25) is 4.99 Å². The first-order chi connectivity index (χ1) is 15.0. The molecule has 0 atom stereocenters. The molecule has 2 aromatic rings. The molecule has 2 aliphatic carbocycles. The maximum absolute atomic E-state index is 12.0. The summed E-state index contributed by atoms with van der Waals surface area (Å²) in [6.07, 6.45) is 9.12. The molecule has 1 aromatic carbocycles. The Hall–Kier alpha value is -1.90. The van der Waals surface area contributed by atoms with E-state index in [2.05, 4.69) is 50.2 Å². The first-order valence-electron chi connectivity index (χ1n) is 11.0. The fourth-order valence-electron chi connectivity index (χ4n) is 4.46. The number of rotatable bonds is 9. The van der Waals surface area contributed by atoms with Crippen molar-refractivity contribution >= 4 is 28.5 Å². The summed E-state index contributed by atoms with van der Waals surface area (Å²) in [4.78, 5) is 8.92. The van der Waals surface area contributed by atoms with Gasteiger partial charge in [0.15, 0.2) is 0 Å². The van der Waals surface area contributed by atoms with Gasteiger partial charge in [-0.2, -0.15) is 0 Å². The Morgan fingerprint density at radius 2 is 2.06 bits per heavy atom. The highest BCUT2D eigenvalue weighted by atomic mass is 32.2. The van der Waals surface area contributed by atoms with E-state index < -0.39 is 10.0 Å². The van der Waals surface area contributed by atoms with Gasteiger partial charge in [-0.15, -0.1) is 11.8 Å².